The summed E-state index contributed by atoms with van der Waals surface area (Å²) in [5.74, 6) is 0.232. The molecule has 0 saturated heterocycles. The molecule has 0 spiro atoms. The Balaban J connectivity index is 2.39. The minimum atomic E-state index is -4.44. The maximum Gasteiger partial charge on any atom is 0.417 e. The van der Waals surface area contributed by atoms with Crippen LogP contribution in [0.5, 0.6) is 0 Å². The standard InChI is InChI=1S/C12H11F3N4O/c1-7-5-11(17-8(2)20)19(18-7)10-4-3-9(6-16-10)12(13,14)15/h3-6H,1-2H3,(H,17,20). The zero-order valence-corrected chi connectivity index (χ0v) is 10.7. The fraction of sp³-hybridized carbons (Fsp3) is 0.250. The van der Waals surface area contributed by atoms with Gasteiger partial charge in [0.25, 0.3) is 0 Å². The molecule has 2 heterocycles. The van der Waals surface area contributed by atoms with Crippen molar-refractivity contribution < 1.29 is 18.0 Å². The van der Waals surface area contributed by atoms with E-state index in [0.29, 0.717) is 11.5 Å². The molecule has 5 nitrogen and oxygen atoms in total. The largest absolute Gasteiger partial charge is 0.417 e. The number of nitrogens with one attached hydrogen (secondary N) is 1. The molecule has 20 heavy (non-hydrogen) atoms. The number of nitrogens with zero attached hydrogens (tertiary/aromatic N) is 3. The number of pyridine rings is 1. The summed E-state index contributed by atoms with van der Waals surface area (Å²) >= 11 is 0. The van der Waals surface area contributed by atoms with Gasteiger partial charge in [0.2, 0.25) is 5.91 Å². The van der Waals surface area contributed by atoms with E-state index in [2.05, 4.69) is 15.4 Å². The summed E-state index contributed by atoms with van der Waals surface area (Å²) in [5, 5.41) is 6.62. The van der Waals surface area contributed by atoms with E-state index in [1.54, 1.807) is 13.0 Å². The molecule has 0 radical (unpaired) electrons. The molecule has 8 heteroatoms. The van der Waals surface area contributed by atoms with Gasteiger partial charge in [0.1, 0.15) is 5.82 Å². The smallest absolute Gasteiger partial charge is 0.311 e. The summed E-state index contributed by atoms with van der Waals surface area (Å²) in [7, 11) is 0. The molecule has 0 aliphatic rings. The van der Waals surface area contributed by atoms with Gasteiger partial charge in [-0.2, -0.15) is 23.0 Å². The first-order valence-electron chi connectivity index (χ1n) is 5.65. The van der Waals surface area contributed by atoms with Crippen molar-refractivity contribution in [2.75, 3.05) is 5.32 Å². The van der Waals surface area contributed by atoms with Crippen LogP contribution in [0.4, 0.5) is 19.0 Å². The minimum absolute atomic E-state index is 0.190. The van der Waals surface area contributed by atoms with Crippen LogP contribution >= 0.6 is 0 Å². The van der Waals surface area contributed by atoms with E-state index in [0.717, 1.165) is 12.3 Å². The Kier molecular flexibility index (Phi) is 3.47. The maximum absolute atomic E-state index is 12.5. The average Bonchev–Trinajstić information content (AvgIpc) is 2.68. The molecule has 2 aromatic rings. The zero-order valence-electron chi connectivity index (χ0n) is 10.7. The molecule has 1 N–H and O–H groups in total. The molecular weight excluding hydrogens is 273 g/mol. The zero-order chi connectivity index (χ0) is 14.9. The molecule has 106 valence electrons. The van der Waals surface area contributed by atoms with Gasteiger partial charge in [-0.3, -0.25) is 4.79 Å². The van der Waals surface area contributed by atoms with Crippen LogP contribution in [0.2, 0.25) is 0 Å². The van der Waals surface area contributed by atoms with Crippen molar-refractivity contribution in [1.29, 1.82) is 0 Å². The molecule has 0 aliphatic carbocycles. The number of anilines is 1. The molecule has 0 bridgehead atoms. The van der Waals surface area contributed by atoms with Crippen LogP contribution in [-0.2, 0) is 11.0 Å². The Morgan fingerprint density at radius 2 is 2.05 bits per heavy atom. The van der Waals surface area contributed by atoms with E-state index in [1.165, 1.54) is 17.7 Å². The van der Waals surface area contributed by atoms with E-state index in [-0.39, 0.29) is 11.7 Å². The fourth-order valence-corrected chi connectivity index (χ4v) is 1.62. The number of amides is 1. The van der Waals surface area contributed by atoms with Gasteiger partial charge >= 0.3 is 6.18 Å². The number of aryl methyl sites for hydroxylation is 1. The molecule has 1 amide bonds. The number of rotatable bonds is 2. The summed E-state index contributed by atoms with van der Waals surface area (Å²) < 4.78 is 38.6. The van der Waals surface area contributed by atoms with Gasteiger partial charge in [-0.25, -0.2) is 4.98 Å². The van der Waals surface area contributed by atoms with Crippen LogP contribution in [0.1, 0.15) is 18.2 Å². The molecule has 2 aromatic heterocycles. The van der Waals surface area contributed by atoms with Crippen molar-refractivity contribution >= 4 is 11.7 Å². The number of carbonyl (C=O) groups is 1. The highest BCUT2D eigenvalue weighted by molar-refractivity contribution is 5.88. The van der Waals surface area contributed by atoms with Gasteiger partial charge < -0.3 is 5.32 Å². The number of carbonyl (C=O) groups excluding carboxylic acids is 1. The number of hydrogen-bond donors (Lipinski definition) is 1. The van der Waals surface area contributed by atoms with Crippen LogP contribution in [-0.4, -0.2) is 20.7 Å². The minimum Gasteiger partial charge on any atom is -0.311 e. The van der Waals surface area contributed by atoms with E-state index < -0.39 is 11.7 Å². The Labute approximate surface area is 112 Å². The molecular formula is C12H11F3N4O. The number of aromatic nitrogens is 3. The van der Waals surface area contributed by atoms with Crippen LogP contribution in [0.3, 0.4) is 0 Å². The van der Waals surface area contributed by atoms with Gasteiger partial charge in [0.05, 0.1) is 11.3 Å². The third kappa shape index (κ3) is 2.95. The number of halogens is 3. The Hall–Kier alpha value is -2.38. The highest BCUT2D eigenvalue weighted by Crippen LogP contribution is 2.29. The summed E-state index contributed by atoms with van der Waals surface area (Å²) in [5.41, 5.74) is -0.235. The van der Waals surface area contributed by atoms with Crippen molar-refractivity contribution in [3.8, 4) is 5.82 Å². The molecule has 2 rings (SSSR count). The number of hydrogen-bond acceptors (Lipinski definition) is 3. The summed E-state index contributed by atoms with van der Waals surface area (Å²) in [6, 6.07) is 3.71. The summed E-state index contributed by atoms with van der Waals surface area (Å²) in [6.07, 6.45) is -3.71. The second-order valence-electron chi connectivity index (χ2n) is 4.17. The normalized spacial score (nSPS) is 11.4. The van der Waals surface area contributed by atoms with Gasteiger partial charge in [-0.05, 0) is 19.1 Å². The fourth-order valence-electron chi connectivity index (χ4n) is 1.62. The third-order valence-corrected chi connectivity index (χ3v) is 2.43. The second-order valence-corrected chi connectivity index (χ2v) is 4.17. The lowest BCUT2D eigenvalue weighted by atomic mass is 10.3. The van der Waals surface area contributed by atoms with Crippen molar-refractivity contribution in [2.45, 2.75) is 20.0 Å². The van der Waals surface area contributed by atoms with Gasteiger partial charge in [0, 0.05) is 19.2 Å². The molecule has 0 aromatic carbocycles. The van der Waals surface area contributed by atoms with Crippen molar-refractivity contribution in [3.63, 3.8) is 0 Å². The first-order chi connectivity index (χ1) is 9.27. The van der Waals surface area contributed by atoms with Crippen molar-refractivity contribution in [2.24, 2.45) is 0 Å². The van der Waals surface area contributed by atoms with Crippen LogP contribution in [0, 0.1) is 6.92 Å². The predicted octanol–water partition coefficient (Wildman–Crippen LogP) is 2.55. The lowest BCUT2D eigenvalue weighted by Gasteiger charge is -2.09. The van der Waals surface area contributed by atoms with Gasteiger partial charge in [0.15, 0.2) is 5.82 Å². The molecule has 0 unspecified atom stereocenters. The van der Waals surface area contributed by atoms with Gasteiger partial charge in [-0.15, -0.1) is 0 Å². The van der Waals surface area contributed by atoms with Gasteiger partial charge in [-0.1, -0.05) is 0 Å². The molecule has 0 aliphatic heterocycles. The number of alkyl halides is 3. The first-order valence-corrected chi connectivity index (χ1v) is 5.65. The monoisotopic (exact) mass is 284 g/mol. The molecule has 0 fully saturated rings. The van der Waals surface area contributed by atoms with E-state index >= 15 is 0 Å². The topological polar surface area (TPSA) is 59.8 Å². The Morgan fingerprint density at radius 1 is 1.35 bits per heavy atom. The second kappa shape index (κ2) is 4.95. The van der Waals surface area contributed by atoms with Crippen molar-refractivity contribution in [1.82, 2.24) is 14.8 Å². The van der Waals surface area contributed by atoms with Crippen LogP contribution in [0.25, 0.3) is 5.82 Å². The maximum atomic E-state index is 12.5. The van der Waals surface area contributed by atoms with E-state index in [9.17, 15) is 18.0 Å². The molecule has 0 saturated carbocycles. The Bertz CT molecular complexity index is 631. The highest BCUT2D eigenvalue weighted by atomic mass is 19.4. The summed E-state index contributed by atoms with van der Waals surface area (Å²) in [6.45, 7) is 3.03. The quantitative estimate of drug-likeness (QED) is 0.922. The van der Waals surface area contributed by atoms with E-state index in [4.69, 9.17) is 0 Å². The Morgan fingerprint density at radius 3 is 2.55 bits per heavy atom. The van der Waals surface area contributed by atoms with Crippen LogP contribution < -0.4 is 5.32 Å². The predicted molar refractivity (Wildman–Crippen MR) is 65.4 cm³/mol. The average molecular weight is 284 g/mol. The highest BCUT2D eigenvalue weighted by Gasteiger charge is 2.30. The lowest BCUT2D eigenvalue weighted by Crippen LogP contribution is -2.12. The van der Waals surface area contributed by atoms with Crippen molar-refractivity contribution in [3.05, 3.63) is 35.7 Å². The third-order valence-electron chi connectivity index (χ3n) is 2.43. The first kappa shape index (κ1) is 14.0. The molecule has 0 atom stereocenters. The summed E-state index contributed by atoms with van der Waals surface area (Å²) in [4.78, 5) is 14.8. The van der Waals surface area contributed by atoms with E-state index in [1.807, 2.05) is 0 Å². The lowest BCUT2D eigenvalue weighted by molar-refractivity contribution is -0.137. The van der Waals surface area contributed by atoms with Crippen LogP contribution in [0.15, 0.2) is 24.4 Å². The SMILES string of the molecule is CC(=O)Nc1cc(C)nn1-c1ccc(C(F)(F)F)cn1.